The van der Waals surface area contributed by atoms with E-state index in [0.29, 0.717) is 34.3 Å². The van der Waals surface area contributed by atoms with Crippen LogP contribution in [-0.2, 0) is 4.79 Å². The van der Waals surface area contributed by atoms with Crippen molar-refractivity contribution in [2.45, 2.75) is 11.9 Å². The Morgan fingerprint density at radius 2 is 1.66 bits per heavy atom. The monoisotopic (exact) mass is 494 g/mol. The summed E-state index contributed by atoms with van der Waals surface area (Å²) in [5, 5.41) is 8.23. The minimum absolute atomic E-state index is 0.166. The highest BCUT2D eigenvalue weighted by Crippen LogP contribution is 2.34. The summed E-state index contributed by atoms with van der Waals surface area (Å²) in [6.45, 7) is 1.91. The molecule has 0 aliphatic rings. The summed E-state index contributed by atoms with van der Waals surface area (Å²) in [6, 6.07) is 12.8. The van der Waals surface area contributed by atoms with E-state index in [1.165, 1.54) is 11.8 Å². The summed E-state index contributed by atoms with van der Waals surface area (Å²) in [4.78, 5) is 17.4. The van der Waals surface area contributed by atoms with Gasteiger partial charge in [0, 0.05) is 35.1 Å². The molecular weight excluding hydrogens is 468 g/mol. The van der Waals surface area contributed by atoms with Gasteiger partial charge in [0.05, 0.1) is 40.4 Å². The number of benzene rings is 2. The van der Waals surface area contributed by atoms with Gasteiger partial charge in [-0.25, -0.2) is 9.50 Å². The number of carbonyl (C=O) groups excluding carboxylic acids is 1. The summed E-state index contributed by atoms with van der Waals surface area (Å²) in [5.74, 6) is 2.48. The Labute approximate surface area is 207 Å². The van der Waals surface area contributed by atoms with Crippen LogP contribution in [0.2, 0.25) is 0 Å². The highest BCUT2D eigenvalue weighted by Gasteiger charge is 2.16. The fourth-order valence-corrected chi connectivity index (χ4v) is 4.44. The maximum absolute atomic E-state index is 12.7. The molecular formula is C25H26N4O5S. The molecule has 0 saturated heterocycles. The molecule has 0 spiro atoms. The van der Waals surface area contributed by atoms with Gasteiger partial charge in [0.25, 0.3) is 0 Å². The third-order valence-corrected chi connectivity index (χ3v) is 6.24. The first-order valence-electron chi connectivity index (χ1n) is 10.7. The first-order valence-corrected chi connectivity index (χ1v) is 11.7. The molecule has 0 aliphatic carbocycles. The number of thioether (sulfide) groups is 1. The summed E-state index contributed by atoms with van der Waals surface area (Å²) >= 11 is 1.37. The molecule has 2 aromatic heterocycles. The van der Waals surface area contributed by atoms with Crippen molar-refractivity contribution in [3.8, 4) is 34.1 Å². The Hall–Kier alpha value is -3.92. The van der Waals surface area contributed by atoms with Crippen LogP contribution in [0.3, 0.4) is 0 Å². The van der Waals surface area contributed by atoms with Crippen LogP contribution < -0.4 is 24.3 Å². The zero-order chi connectivity index (χ0) is 24.9. The van der Waals surface area contributed by atoms with Gasteiger partial charge in [-0.1, -0.05) is 17.8 Å². The molecule has 4 aromatic rings. The molecule has 0 saturated carbocycles. The second-order valence-electron chi connectivity index (χ2n) is 7.54. The number of anilines is 1. The molecule has 0 unspecified atom stereocenters. The highest BCUT2D eigenvalue weighted by molar-refractivity contribution is 7.99. The van der Waals surface area contributed by atoms with Gasteiger partial charge in [0.1, 0.15) is 16.5 Å². The van der Waals surface area contributed by atoms with E-state index in [1.54, 1.807) is 57.4 Å². The van der Waals surface area contributed by atoms with Crippen LogP contribution in [0.25, 0.3) is 16.8 Å². The van der Waals surface area contributed by atoms with Crippen LogP contribution in [0, 0.1) is 6.92 Å². The number of hydrogen-bond acceptors (Lipinski definition) is 8. The first kappa shape index (κ1) is 24.2. The van der Waals surface area contributed by atoms with Gasteiger partial charge in [-0.3, -0.25) is 4.79 Å². The average molecular weight is 495 g/mol. The molecule has 0 fully saturated rings. The maximum atomic E-state index is 12.7. The van der Waals surface area contributed by atoms with E-state index in [9.17, 15) is 4.79 Å². The fourth-order valence-electron chi connectivity index (χ4n) is 3.58. The van der Waals surface area contributed by atoms with E-state index < -0.39 is 0 Å². The molecule has 35 heavy (non-hydrogen) atoms. The van der Waals surface area contributed by atoms with Crippen molar-refractivity contribution in [1.29, 1.82) is 0 Å². The maximum Gasteiger partial charge on any atom is 0.234 e. The second-order valence-corrected chi connectivity index (χ2v) is 8.53. The van der Waals surface area contributed by atoms with Crippen molar-refractivity contribution >= 4 is 29.0 Å². The number of aromatic nitrogens is 3. The van der Waals surface area contributed by atoms with Crippen LogP contribution in [0.1, 0.15) is 5.69 Å². The van der Waals surface area contributed by atoms with Crippen LogP contribution in [-0.4, -0.2) is 54.7 Å². The smallest absolute Gasteiger partial charge is 0.234 e. The molecule has 10 heteroatoms. The zero-order valence-electron chi connectivity index (χ0n) is 20.1. The number of methoxy groups -OCH3 is 4. The predicted molar refractivity (Wildman–Crippen MR) is 135 cm³/mol. The Kier molecular flexibility index (Phi) is 7.31. The number of rotatable bonds is 9. The molecule has 9 nitrogen and oxygen atoms in total. The quantitative estimate of drug-likeness (QED) is 0.269. The molecule has 182 valence electrons. The lowest BCUT2D eigenvalue weighted by atomic mass is 10.1. The number of carbonyl (C=O) groups is 1. The fraction of sp³-hybridized carbons (Fsp3) is 0.240. The molecule has 0 bridgehead atoms. The van der Waals surface area contributed by atoms with Gasteiger partial charge in [0.15, 0.2) is 17.1 Å². The number of hydrogen-bond donors (Lipinski definition) is 1. The standard InChI is InChI=1S/C25H26N4O5S/c1-15-8-24(35-14-23(30)28-17-10-18(31-2)12-19(11-17)32-3)29-25(27-15)20(13-26-29)16-6-7-21(33-4)22(9-16)34-5/h6-13H,14H2,1-5H3,(H,28,30). The Bertz CT molecular complexity index is 1350. The van der Waals surface area contributed by atoms with E-state index in [0.717, 1.165) is 21.8 Å². The van der Waals surface area contributed by atoms with Crippen molar-refractivity contribution in [3.05, 3.63) is 54.4 Å². The number of ether oxygens (including phenoxy) is 4. The largest absolute Gasteiger partial charge is 0.497 e. The first-order chi connectivity index (χ1) is 16.9. The summed E-state index contributed by atoms with van der Waals surface area (Å²) in [7, 11) is 6.32. The van der Waals surface area contributed by atoms with E-state index >= 15 is 0 Å². The minimum Gasteiger partial charge on any atom is -0.497 e. The Morgan fingerprint density at radius 3 is 2.31 bits per heavy atom. The number of nitrogens with zero attached hydrogens (tertiary/aromatic N) is 3. The van der Waals surface area contributed by atoms with Crippen molar-refractivity contribution in [1.82, 2.24) is 14.6 Å². The molecule has 1 N–H and O–H groups in total. The van der Waals surface area contributed by atoms with Crippen LogP contribution in [0.15, 0.2) is 53.7 Å². The van der Waals surface area contributed by atoms with Gasteiger partial charge in [0.2, 0.25) is 5.91 Å². The molecule has 0 atom stereocenters. The molecule has 0 aliphatic heterocycles. The average Bonchev–Trinajstić information content (AvgIpc) is 3.30. The number of aryl methyl sites for hydroxylation is 1. The molecule has 2 aromatic carbocycles. The minimum atomic E-state index is -0.166. The molecule has 2 heterocycles. The summed E-state index contributed by atoms with van der Waals surface area (Å²) in [5.41, 5.74) is 3.86. The number of amides is 1. The molecule has 1 amide bonds. The van der Waals surface area contributed by atoms with Gasteiger partial charge < -0.3 is 24.3 Å². The van der Waals surface area contributed by atoms with E-state index in [1.807, 2.05) is 31.2 Å². The van der Waals surface area contributed by atoms with Crippen LogP contribution in [0.5, 0.6) is 23.0 Å². The van der Waals surface area contributed by atoms with E-state index in [2.05, 4.69) is 10.4 Å². The topological polar surface area (TPSA) is 96.2 Å². The van der Waals surface area contributed by atoms with Gasteiger partial charge in [-0.15, -0.1) is 0 Å². The second kappa shape index (κ2) is 10.6. The number of fused-ring (bicyclic) bond motifs is 1. The third kappa shape index (κ3) is 5.27. The lowest BCUT2D eigenvalue weighted by Gasteiger charge is -2.11. The van der Waals surface area contributed by atoms with Crippen LogP contribution >= 0.6 is 11.8 Å². The lowest BCUT2D eigenvalue weighted by Crippen LogP contribution is -2.14. The normalized spacial score (nSPS) is 10.8. The van der Waals surface area contributed by atoms with E-state index in [-0.39, 0.29) is 11.7 Å². The van der Waals surface area contributed by atoms with Crippen molar-refractivity contribution < 1.29 is 23.7 Å². The SMILES string of the molecule is COc1cc(NC(=O)CSc2cc(C)nc3c(-c4ccc(OC)c(OC)c4)cnn23)cc(OC)c1. The molecule has 0 radical (unpaired) electrons. The van der Waals surface area contributed by atoms with Crippen molar-refractivity contribution in [2.75, 3.05) is 39.5 Å². The van der Waals surface area contributed by atoms with Crippen LogP contribution in [0.4, 0.5) is 5.69 Å². The van der Waals surface area contributed by atoms with Crippen molar-refractivity contribution in [2.24, 2.45) is 0 Å². The highest BCUT2D eigenvalue weighted by atomic mass is 32.2. The Balaban J connectivity index is 1.56. The third-order valence-electron chi connectivity index (χ3n) is 5.25. The summed E-state index contributed by atoms with van der Waals surface area (Å²) < 4.78 is 23.1. The van der Waals surface area contributed by atoms with Gasteiger partial charge in [-0.05, 0) is 30.7 Å². The summed E-state index contributed by atoms with van der Waals surface area (Å²) in [6.07, 6.45) is 1.76. The van der Waals surface area contributed by atoms with E-state index in [4.69, 9.17) is 23.9 Å². The lowest BCUT2D eigenvalue weighted by molar-refractivity contribution is -0.113. The van der Waals surface area contributed by atoms with Gasteiger partial charge in [-0.2, -0.15) is 5.10 Å². The number of nitrogens with one attached hydrogen (secondary N) is 1. The molecule has 4 rings (SSSR count). The predicted octanol–water partition coefficient (Wildman–Crippen LogP) is 4.47. The van der Waals surface area contributed by atoms with Crippen molar-refractivity contribution in [3.63, 3.8) is 0 Å². The zero-order valence-corrected chi connectivity index (χ0v) is 20.9. The Morgan fingerprint density at radius 1 is 0.943 bits per heavy atom. The van der Waals surface area contributed by atoms with Gasteiger partial charge >= 0.3 is 0 Å².